The lowest BCUT2D eigenvalue weighted by Crippen LogP contribution is -2.27. The van der Waals surface area contributed by atoms with Crippen LogP contribution in [0.5, 0.6) is 5.75 Å². The van der Waals surface area contributed by atoms with Gasteiger partial charge in [-0.05, 0) is 48.9 Å². The summed E-state index contributed by atoms with van der Waals surface area (Å²) in [5.41, 5.74) is 1.91. The van der Waals surface area contributed by atoms with Crippen LogP contribution in [-0.4, -0.2) is 22.3 Å². The summed E-state index contributed by atoms with van der Waals surface area (Å²) in [6, 6.07) is 15.3. The van der Waals surface area contributed by atoms with Gasteiger partial charge in [-0.1, -0.05) is 36.1 Å². The summed E-state index contributed by atoms with van der Waals surface area (Å²) in [5, 5.41) is 11.5. The number of nitro groups is 1. The number of nitrogens with zero attached hydrogens (tertiary/aromatic N) is 2. The van der Waals surface area contributed by atoms with Gasteiger partial charge in [-0.15, -0.1) is 0 Å². The molecule has 0 saturated carbocycles. The third-order valence-electron chi connectivity index (χ3n) is 4.62. The Hall–Kier alpha value is -3.43. The molecule has 0 radical (unpaired) electrons. The van der Waals surface area contributed by atoms with E-state index in [1.54, 1.807) is 30.3 Å². The van der Waals surface area contributed by atoms with E-state index < -0.39 is 4.92 Å². The highest BCUT2D eigenvalue weighted by Crippen LogP contribution is 2.38. The molecule has 9 heteroatoms. The zero-order valence-electron chi connectivity index (χ0n) is 16.5. The Morgan fingerprint density at radius 2 is 2.00 bits per heavy atom. The van der Waals surface area contributed by atoms with Crippen molar-refractivity contribution in [2.75, 3.05) is 12.0 Å². The first kappa shape index (κ1) is 20.8. The van der Waals surface area contributed by atoms with Crippen LogP contribution in [0, 0.1) is 17.0 Å². The number of carbonyl (C=O) groups excluding carboxylic acids is 1. The van der Waals surface area contributed by atoms with Gasteiger partial charge in [-0.2, -0.15) is 0 Å². The molecule has 2 aromatic carbocycles. The van der Waals surface area contributed by atoms with Crippen LogP contribution in [0.3, 0.4) is 0 Å². The van der Waals surface area contributed by atoms with E-state index in [1.807, 2.05) is 31.2 Å². The van der Waals surface area contributed by atoms with Crippen LogP contribution in [0.15, 0.2) is 63.9 Å². The molecule has 0 unspecified atom stereocenters. The summed E-state index contributed by atoms with van der Waals surface area (Å²) < 4.78 is 11.3. The highest BCUT2D eigenvalue weighted by atomic mass is 32.2. The fourth-order valence-electron chi connectivity index (χ4n) is 3.16. The Bertz CT molecular complexity index is 1250. The van der Waals surface area contributed by atoms with Crippen molar-refractivity contribution in [3.63, 3.8) is 0 Å². The number of methoxy groups -OCH3 is 1. The van der Waals surface area contributed by atoms with Crippen molar-refractivity contribution in [3.8, 4) is 17.1 Å². The summed E-state index contributed by atoms with van der Waals surface area (Å²) in [5.74, 6) is 0.843. The van der Waals surface area contributed by atoms with Crippen molar-refractivity contribution in [1.82, 2.24) is 0 Å². The van der Waals surface area contributed by atoms with Crippen LogP contribution in [-0.2, 0) is 4.79 Å². The highest BCUT2D eigenvalue weighted by Gasteiger charge is 2.33. The lowest BCUT2D eigenvalue weighted by Gasteiger charge is -2.14. The molecule has 1 aliphatic heterocycles. The average Bonchev–Trinajstić information content (AvgIpc) is 3.31. The highest BCUT2D eigenvalue weighted by molar-refractivity contribution is 8.27. The number of furan rings is 1. The Balaban J connectivity index is 1.64. The first-order chi connectivity index (χ1) is 14.9. The predicted octanol–water partition coefficient (Wildman–Crippen LogP) is 5.58. The van der Waals surface area contributed by atoms with Gasteiger partial charge in [-0.3, -0.25) is 19.8 Å². The lowest BCUT2D eigenvalue weighted by molar-refractivity contribution is -0.384. The minimum absolute atomic E-state index is 0.133. The fraction of sp³-hybridized carbons (Fsp3) is 0.0909. The number of thiocarbonyl (C=S) groups is 1. The number of hydrogen-bond acceptors (Lipinski definition) is 7. The van der Waals surface area contributed by atoms with E-state index in [9.17, 15) is 14.9 Å². The van der Waals surface area contributed by atoms with Gasteiger partial charge in [0.2, 0.25) is 0 Å². The van der Waals surface area contributed by atoms with E-state index in [0.29, 0.717) is 37.7 Å². The molecular formula is C22H16N2O5S2. The van der Waals surface area contributed by atoms with Crippen LogP contribution in [0.25, 0.3) is 17.4 Å². The third-order valence-corrected chi connectivity index (χ3v) is 5.92. The van der Waals surface area contributed by atoms with Crippen molar-refractivity contribution in [1.29, 1.82) is 0 Å². The number of hydrogen-bond donors (Lipinski definition) is 0. The largest absolute Gasteiger partial charge is 0.497 e. The van der Waals surface area contributed by atoms with E-state index in [0.717, 1.165) is 5.56 Å². The molecule has 1 aromatic heterocycles. The third kappa shape index (κ3) is 4.10. The van der Waals surface area contributed by atoms with Gasteiger partial charge in [0.05, 0.1) is 34.3 Å². The smallest absolute Gasteiger partial charge is 0.284 e. The number of carbonyl (C=O) groups is 1. The molecule has 1 saturated heterocycles. The van der Waals surface area contributed by atoms with Gasteiger partial charge in [0.15, 0.2) is 4.32 Å². The molecule has 0 bridgehead atoms. The van der Waals surface area contributed by atoms with Crippen LogP contribution in [0.1, 0.15) is 11.3 Å². The van der Waals surface area contributed by atoms with Gasteiger partial charge in [0.25, 0.3) is 11.6 Å². The van der Waals surface area contributed by atoms with Gasteiger partial charge in [0.1, 0.15) is 17.3 Å². The fourth-order valence-corrected chi connectivity index (χ4v) is 4.44. The molecule has 0 spiro atoms. The molecule has 31 heavy (non-hydrogen) atoms. The summed E-state index contributed by atoms with van der Waals surface area (Å²) in [6.07, 6.45) is 1.59. The number of ether oxygens (including phenoxy) is 1. The predicted molar refractivity (Wildman–Crippen MR) is 124 cm³/mol. The zero-order valence-corrected chi connectivity index (χ0v) is 18.2. The van der Waals surface area contributed by atoms with Crippen molar-refractivity contribution >= 4 is 51.7 Å². The van der Waals surface area contributed by atoms with E-state index in [-0.39, 0.29) is 11.6 Å². The first-order valence-electron chi connectivity index (χ1n) is 9.14. The molecule has 0 atom stereocenters. The van der Waals surface area contributed by atoms with Gasteiger partial charge < -0.3 is 9.15 Å². The molecule has 1 fully saturated rings. The van der Waals surface area contributed by atoms with Crippen molar-refractivity contribution in [2.24, 2.45) is 0 Å². The molecule has 3 aromatic rings. The van der Waals surface area contributed by atoms with Crippen LogP contribution in [0.2, 0.25) is 0 Å². The second-order valence-electron chi connectivity index (χ2n) is 6.70. The maximum Gasteiger partial charge on any atom is 0.284 e. The van der Waals surface area contributed by atoms with Crippen molar-refractivity contribution < 1.29 is 18.9 Å². The van der Waals surface area contributed by atoms with E-state index >= 15 is 0 Å². The number of benzene rings is 2. The first-order valence-corrected chi connectivity index (χ1v) is 10.4. The second-order valence-corrected chi connectivity index (χ2v) is 8.37. The van der Waals surface area contributed by atoms with E-state index in [4.69, 9.17) is 21.4 Å². The lowest BCUT2D eigenvalue weighted by atomic mass is 10.1. The molecule has 2 heterocycles. The zero-order chi connectivity index (χ0) is 22.1. The topological polar surface area (TPSA) is 85.8 Å². The molecule has 156 valence electrons. The Kier molecular flexibility index (Phi) is 5.62. The average molecular weight is 453 g/mol. The van der Waals surface area contributed by atoms with Crippen molar-refractivity contribution in [3.05, 3.63) is 80.9 Å². The standard InChI is InChI=1S/C22H16N2O5S2/c1-13-4-3-5-14(10-13)23-21(25)20(31-22(23)30)12-16-7-9-19(29-16)17-8-6-15(28-2)11-18(17)24(26)27/h3-12H,1-2H3/b20-12-. The molecule has 1 aliphatic rings. The van der Waals surface area contributed by atoms with Crippen molar-refractivity contribution in [2.45, 2.75) is 6.92 Å². The minimum atomic E-state index is -0.493. The number of nitro benzene ring substituents is 1. The van der Waals surface area contributed by atoms with Crippen LogP contribution < -0.4 is 9.64 Å². The second kappa shape index (κ2) is 8.37. The molecule has 7 nitrogen and oxygen atoms in total. The van der Waals surface area contributed by atoms with Crippen LogP contribution >= 0.6 is 24.0 Å². The Labute approximate surface area is 187 Å². The number of rotatable bonds is 5. The summed E-state index contributed by atoms with van der Waals surface area (Å²) in [7, 11) is 1.44. The van der Waals surface area contributed by atoms with Gasteiger partial charge in [-0.25, -0.2) is 0 Å². The molecule has 4 rings (SSSR count). The van der Waals surface area contributed by atoms with Gasteiger partial charge >= 0.3 is 0 Å². The molecule has 1 amide bonds. The number of thioether (sulfide) groups is 1. The molecular weight excluding hydrogens is 436 g/mol. The van der Waals surface area contributed by atoms with Gasteiger partial charge in [0, 0.05) is 6.08 Å². The summed E-state index contributed by atoms with van der Waals surface area (Å²) in [4.78, 5) is 25.8. The van der Waals surface area contributed by atoms with E-state index in [2.05, 4.69) is 0 Å². The SMILES string of the molecule is COc1ccc(-c2ccc(/C=C3\SC(=S)N(c4cccc(C)c4)C3=O)o2)c([N+](=O)[O-])c1. The molecule has 0 aliphatic carbocycles. The number of amides is 1. The normalized spacial score (nSPS) is 15.0. The number of anilines is 1. The Morgan fingerprint density at radius 3 is 2.71 bits per heavy atom. The quantitative estimate of drug-likeness (QED) is 0.216. The maximum atomic E-state index is 12.9. The monoisotopic (exact) mass is 452 g/mol. The van der Waals surface area contributed by atoms with E-state index in [1.165, 1.54) is 29.8 Å². The minimum Gasteiger partial charge on any atom is -0.497 e. The maximum absolute atomic E-state index is 12.9. The number of aryl methyl sites for hydroxylation is 1. The summed E-state index contributed by atoms with van der Waals surface area (Å²) >= 11 is 6.58. The van der Waals surface area contributed by atoms with Crippen LogP contribution in [0.4, 0.5) is 11.4 Å². The Morgan fingerprint density at radius 1 is 1.19 bits per heavy atom. The summed E-state index contributed by atoms with van der Waals surface area (Å²) in [6.45, 7) is 1.94. The molecule has 0 N–H and O–H groups in total.